The Kier molecular flexibility index (Phi) is 3.46. The second-order valence-electron chi connectivity index (χ2n) is 7.38. The lowest BCUT2D eigenvalue weighted by atomic mass is 9.97. The maximum absolute atomic E-state index is 4.71. The molecule has 3 aromatic rings. The van der Waals surface area contributed by atoms with Gasteiger partial charge in [-0.3, -0.25) is 4.57 Å². The van der Waals surface area contributed by atoms with Gasteiger partial charge in [-0.2, -0.15) is 0 Å². The maximum Gasteiger partial charge on any atom is 0.144 e. The molecule has 1 heterocycles. The smallest absolute Gasteiger partial charge is 0.144 e. The molecule has 0 saturated heterocycles. The van der Waals surface area contributed by atoms with E-state index in [-0.39, 0.29) is 0 Å². The predicted molar refractivity (Wildman–Crippen MR) is 108 cm³/mol. The van der Waals surface area contributed by atoms with Crippen LogP contribution in [0, 0.1) is 0 Å². The molecule has 128 valence electrons. The molecule has 1 aromatic heterocycles. The van der Waals surface area contributed by atoms with Crippen molar-refractivity contribution in [3.05, 3.63) is 83.2 Å². The van der Waals surface area contributed by atoms with Crippen LogP contribution in [0.4, 0.5) is 0 Å². The van der Waals surface area contributed by atoms with Crippen molar-refractivity contribution in [3.8, 4) is 22.5 Å². The van der Waals surface area contributed by atoms with Gasteiger partial charge in [0, 0.05) is 23.7 Å². The van der Waals surface area contributed by atoms with Gasteiger partial charge in [0.1, 0.15) is 5.82 Å². The van der Waals surface area contributed by atoms with E-state index in [0.717, 1.165) is 25.1 Å². The van der Waals surface area contributed by atoms with E-state index in [9.17, 15) is 0 Å². The zero-order valence-corrected chi connectivity index (χ0v) is 15.3. The summed E-state index contributed by atoms with van der Waals surface area (Å²) in [7, 11) is 0. The van der Waals surface area contributed by atoms with Crippen molar-refractivity contribution in [3.63, 3.8) is 0 Å². The van der Waals surface area contributed by atoms with E-state index < -0.39 is 0 Å². The van der Waals surface area contributed by atoms with Gasteiger partial charge in [-0.25, -0.2) is 4.98 Å². The van der Waals surface area contributed by atoms with Gasteiger partial charge in [0.05, 0.1) is 0 Å². The summed E-state index contributed by atoms with van der Waals surface area (Å²) in [5.41, 5.74) is 10.8. The number of nitrogens with zero attached hydrogens (tertiary/aromatic N) is 2. The third-order valence-corrected chi connectivity index (χ3v) is 5.69. The van der Waals surface area contributed by atoms with Gasteiger partial charge >= 0.3 is 0 Å². The maximum atomic E-state index is 4.71. The molecule has 2 aromatic carbocycles. The zero-order chi connectivity index (χ0) is 17.7. The highest BCUT2D eigenvalue weighted by molar-refractivity contribution is 5.81. The number of hydrogen-bond donors (Lipinski definition) is 0. The third kappa shape index (κ3) is 2.29. The van der Waals surface area contributed by atoms with E-state index in [4.69, 9.17) is 4.98 Å². The number of aromatic nitrogens is 2. The van der Waals surface area contributed by atoms with Crippen molar-refractivity contribution >= 4 is 5.70 Å². The monoisotopic (exact) mass is 338 g/mol. The Morgan fingerprint density at radius 1 is 0.962 bits per heavy atom. The topological polar surface area (TPSA) is 17.8 Å². The summed E-state index contributed by atoms with van der Waals surface area (Å²) >= 11 is 0. The van der Waals surface area contributed by atoms with Crippen molar-refractivity contribution in [2.45, 2.75) is 33.1 Å². The minimum absolute atomic E-state index is 1.03. The number of benzene rings is 2. The molecule has 2 aliphatic carbocycles. The molecular formula is C24H22N2. The van der Waals surface area contributed by atoms with Gasteiger partial charge in [0.2, 0.25) is 0 Å². The summed E-state index contributed by atoms with van der Waals surface area (Å²) < 4.78 is 2.27. The second kappa shape index (κ2) is 5.84. The molecule has 0 atom stereocenters. The highest BCUT2D eigenvalue weighted by Crippen LogP contribution is 2.39. The lowest BCUT2D eigenvalue weighted by molar-refractivity contribution is 0.915. The molecule has 2 aliphatic rings. The van der Waals surface area contributed by atoms with E-state index in [2.05, 4.69) is 73.2 Å². The molecule has 5 rings (SSSR count). The van der Waals surface area contributed by atoms with E-state index in [1.54, 1.807) is 0 Å². The fourth-order valence-corrected chi connectivity index (χ4v) is 4.41. The highest BCUT2D eigenvalue weighted by atomic mass is 15.1. The Labute approximate surface area is 154 Å². The van der Waals surface area contributed by atoms with Gasteiger partial charge in [-0.05, 0) is 72.6 Å². The average Bonchev–Trinajstić information content (AvgIpc) is 3.25. The first kappa shape index (κ1) is 15.4. The van der Waals surface area contributed by atoms with Gasteiger partial charge in [0.25, 0.3) is 0 Å². The number of rotatable bonds is 2. The van der Waals surface area contributed by atoms with Crippen molar-refractivity contribution in [2.24, 2.45) is 0 Å². The summed E-state index contributed by atoms with van der Waals surface area (Å²) in [6.07, 6.45) is 9.65. The van der Waals surface area contributed by atoms with Gasteiger partial charge in [-0.1, -0.05) is 42.5 Å². The number of fused-ring (bicyclic) bond motifs is 3. The lowest BCUT2D eigenvalue weighted by Gasteiger charge is -2.20. The molecule has 0 unspecified atom stereocenters. The molecule has 0 N–H and O–H groups in total. The van der Waals surface area contributed by atoms with E-state index in [0.29, 0.717) is 0 Å². The first-order valence-electron chi connectivity index (χ1n) is 9.34. The molecule has 26 heavy (non-hydrogen) atoms. The Balaban J connectivity index is 1.65. The summed E-state index contributed by atoms with van der Waals surface area (Å²) in [4.78, 5) is 4.71. The first-order chi connectivity index (χ1) is 12.7. The number of imidazole rings is 1. The van der Waals surface area contributed by atoms with Crippen LogP contribution in [-0.2, 0) is 6.42 Å². The summed E-state index contributed by atoms with van der Waals surface area (Å²) in [6, 6.07) is 15.5. The van der Waals surface area contributed by atoms with Gasteiger partial charge in [-0.15, -0.1) is 0 Å². The molecule has 0 amide bonds. The summed E-state index contributed by atoms with van der Waals surface area (Å²) in [5, 5.41) is 0. The highest BCUT2D eigenvalue weighted by Gasteiger charge is 2.21. The predicted octanol–water partition coefficient (Wildman–Crippen LogP) is 6.09. The molecule has 2 heteroatoms. The lowest BCUT2D eigenvalue weighted by Crippen LogP contribution is -2.06. The minimum atomic E-state index is 1.03. The van der Waals surface area contributed by atoms with Crippen LogP contribution in [0.5, 0.6) is 0 Å². The van der Waals surface area contributed by atoms with Crippen molar-refractivity contribution < 1.29 is 0 Å². The summed E-state index contributed by atoms with van der Waals surface area (Å²) in [5.74, 6) is 1.03. The van der Waals surface area contributed by atoms with Crippen LogP contribution in [0.25, 0.3) is 28.2 Å². The fraction of sp³-hybridized carbons (Fsp3) is 0.208. The van der Waals surface area contributed by atoms with Crippen LogP contribution in [-0.4, -0.2) is 9.55 Å². The van der Waals surface area contributed by atoms with Gasteiger partial charge in [0.15, 0.2) is 0 Å². The molecule has 0 saturated carbocycles. The van der Waals surface area contributed by atoms with Crippen LogP contribution >= 0.6 is 0 Å². The quantitative estimate of drug-likeness (QED) is 0.432. The van der Waals surface area contributed by atoms with Crippen molar-refractivity contribution in [1.29, 1.82) is 0 Å². The van der Waals surface area contributed by atoms with Gasteiger partial charge < -0.3 is 0 Å². The zero-order valence-electron chi connectivity index (χ0n) is 15.3. The van der Waals surface area contributed by atoms with Crippen LogP contribution in [0.3, 0.4) is 0 Å². The minimum Gasteiger partial charge on any atom is -0.300 e. The summed E-state index contributed by atoms with van der Waals surface area (Å²) in [6.45, 7) is 4.45. The first-order valence-corrected chi connectivity index (χ1v) is 9.34. The Morgan fingerprint density at radius 3 is 2.69 bits per heavy atom. The second-order valence-corrected chi connectivity index (χ2v) is 7.38. The van der Waals surface area contributed by atoms with E-state index in [1.807, 2.05) is 6.20 Å². The fourth-order valence-electron chi connectivity index (χ4n) is 4.41. The van der Waals surface area contributed by atoms with E-state index in [1.165, 1.54) is 44.7 Å². The van der Waals surface area contributed by atoms with Crippen LogP contribution in [0.2, 0.25) is 0 Å². The van der Waals surface area contributed by atoms with Crippen molar-refractivity contribution in [1.82, 2.24) is 9.55 Å². The Bertz CT molecular complexity index is 1080. The molecule has 2 nitrogen and oxygen atoms in total. The third-order valence-electron chi connectivity index (χ3n) is 5.69. The molecular weight excluding hydrogens is 316 g/mol. The molecule has 0 aliphatic heterocycles. The molecule has 0 radical (unpaired) electrons. The van der Waals surface area contributed by atoms with Crippen molar-refractivity contribution in [2.75, 3.05) is 0 Å². The Morgan fingerprint density at radius 2 is 1.81 bits per heavy atom. The normalized spacial score (nSPS) is 15.7. The largest absolute Gasteiger partial charge is 0.300 e. The Hall–Kier alpha value is -2.87. The van der Waals surface area contributed by atoms with Crippen LogP contribution in [0.15, 0.2) is 72.1 Å². The van der Waals surface area contributed by atoms with Crippen LogP contribution in [0.1, 0.15) is 37.8 Å². The molecule has 0 spiro atoms. The average molecular weight is 338 g/mol. The SMILES string of the molecule is CC1=CCCC(C)=C1n1ccnc1-c1ccc2c(c1)-c1ccccc1C2. The molecule has 0 fully saturated rings. The van der Waals surface area contributed by atoms with Crippen LogP contribution < -0.4 is 0 Å². The van der Waals surface area contributed by atoms with E-state index >= 15 is 0 Å². The number of allylic oxidation sites excluding steroid dienone is 4. The standard InChI is InChI=1S/C24H22N2/c1-16-6-5-7-17(2)23(16)26-13-12-25-24(26)20-11-10-19-14-18-8-3-4-9-21(18)22(19)15-20/h3-4,6,8-13,15H,5,7,14H2,1-2H3. The number of hydrogen-bond acceptors (Lipinski definition) is 1. The molecule has 0 bridgehead atoms.